The zero-order chi connectivity index (χ0) is 24.6. The second-order valence-corrected chi connectivity index (χ2v) is 8.90. The molecule has 0 saturated carbocycles. The van der Waals surface area contributed by atoms with Gasteiger partial charge in [-0.3, -0.25) is 19.4 Å². The van der Waals surface area contributed by atoms with Crippen molar-refractivity contribution in [3.63, 3.8) is 0 Å². The standard InChI is InChI=1S/C32H21N5/c1-3-15-34-29(5-1)31-32(37-18-4-2-6-30(37)36-31)26-10-8-23-19-25(9-7-24(23)20-26)28-12-11-27(21-35-28)22-13-16-33-17-14-22/h1-21H. The lowest BCUT2D eigenvalue weighted by atomic mass is 10.00. The zero-order valence-corrected chi connectivity index (χ0v) is 19.9. The fraction of sp³-hybridized carbons (Fsp3) is 0. The number of imidazole rings is 1. The summed E-state index contributed by atoms with van der Waals surface area (Å²) < 4.78 is 2.13. The van der Waals surface area contributed by atoms with Gasteiger partial charge >= 0.3 is 0 Å². The zero-order valence-electron chi connectivity index (χ0n) is 19.9. The molecule has 0 bridgehead atoms. The number of fused-ring (bicyclic) bond motifs is 2. The molecule has 5 nitrogen and oxygen atoms in total. The predicted molar refractivity (Wildman–Crippen MR) is 148 cm³/mol. The summed E-state index contributed by atoms with van der Waals surface area (Å²) in [7, 11) is 0. The van der Waals surface area contributed by atoms with Gasteiger partial charge < -0.3 is 0 Å². The summed E-state index contributed by atoms with van der Waals surface area (Å²) in [4.78, 5) is 18.3. The van der Waals surface area contributed by atoms with Gasteiger partial charge in [-0.15, -0.1) is 0 Å². The molecular formula is C32H21N5. The summed E-state index contributed by atoms with van der Waals surface area (Å²) in [5.41, 5.74) is 8.99. The number of pyridine rings is 4. The highest BCUT2D eigenvalue weighted by Gasteiger charge is 2.17. The van der Waals surface area contributed by atoms with Crippen molar-refractivity contribution in [2.45, 2.75) is 0 Å². The van der Waals surface area contributed by atoms with Crippen molar-refractivity contribution in [2.24, 2.45) is 0 Å². The topological polar surface area (TPSA) is 56.0 Å². The van der Waals surface area contributed by atoms with Crippen LogP contribution in [0.25, 0.3) is 61.4 Å². The Bertz CT molecular complexity index is 1860. The second-order valence-electron chi connectivity index (χ2n) is 8.90. The molecule has 0 aliphatic rings. The van der Waals surface area contributed by atoms with Gasteiger partial charge in [-0.2, -0.15) is 0 Å². The average Bonchev–Trinajstić information content (AvgIpc) is 3.37. The van der Waals surface area contributed by atoms with Crippen LogP contribution in [0.5, 0.6) is 0 Å². The van der Waals surface area contributed by atoms with Gasteiger partial charge in [-0.05, 0) is 70.9 Å². The maximum absolute atomic E-state index is 4.91. The van der Waals surface area contributed by atoms with Crippen molar-refractivity contribution in [1.82, 2.24) is 24.3 Å². The summed E-state index contributed by atoms with van der Waals surface area (Å²) in [6.45, 7) is 0. The van der Waals surface area contributed by atoms with E-state index in [4.69, 9.17) is 9.97 Å². The first-order chi connectivity index (χ1) is 18.3. The molecule has 0 amide bonds. The molecule has 2 aromatic carbocycles. The monoisotopic (exact) mass is 475 g/mol. The van der Waals surface area contributed by atoms with Crippen LogP contribution in [0.2, 0.25) is 0 Å². The van der Waals surface area contributed by atoms with Gasteiger partial charge in [0.1, 0.15) is 11.3 Å². The van der Waals surface area contributed by atoms with Crippen LogP contribution >= 0.6 is 0 Å². The lowest BCUT2D eigenvalue weighted by molar-refractivity contribution is 1.19. The number of nitrogens with zero attached hydrogens (tertiary/aromatic N) is 5. The molecule has 5 aromatic heterocycles. The fourth-order valence-electron chi connectivity index (χ4n) is 4.79. The number of hydrogen-bond donors (Lipinski definition) is 0. The Morgan fingerprint density at radius 1 is 0.541 bits per heavy atom. The summed E-state index contributed by atoms with van der Waals surface area (Å²) in [6.07, 6.45) is 9.38. The Balaban J connectivity index is 1.29. The highest BCUT2D eigenvalue weighted by Crippen LogP contribution is 2.34. The molecule has 0 aliphatic carbocycles. The quantitative estimate of drug-likeness (QED) is 0.267. The minimum Gasteiger partial charge on any atom is -0.299 e. The van der Waals surface area contributed by atoms with Crippen molar-refractivity contribution in [1.29, 1.82) is 0 Å². The molecule has 5 heteroatoms. The van der Waals surface area contributed by atoms with Gasteiger partial charge in [-0.1, -0.05) is 42.5 Å². The van der Waals surface area contributed by atoms with Gasteiger partial charge in [0, 0.05) is 47.7 Å². The van der Waals surface area contributed by atoms with Crippen molar-refractivity contribution in [3.8, 4) is 45.0 Å². The van der Waals surface area contributed by atoms with Crippen LogP contribution in [0.3, 0.4) is 0 Å². The molecule has 174 valence electrons. The summed E-state index contributed by atoms with van der Waals surface area (Å²) in [6, 6.07) is 33.2. The Hall–Kier alpha value is -5.16. The number of rotatable bonds is 4. The molecule has 0 atom stereocenters. The van der Waals surface area contributed by atoms with E-state index < -0.39 is 0 Å². The first-order valence-electron chi connectivity index (χ1n) is 12.1. The van der Waals surface area contributed by atoms with Gasteiger partial charge in [0.25, 0.3) is 0 Å². The van der Waals surface area contributed by atoms with Gasteiger partial charge in [0.15, 0.2) is 0 Å². The maximum atomic E-state index is 4.91. The van der Waals surface area contributed by atoms with Crippen molar-refractivity contribution >= 4 is 16.4 Å². The summed E-state index contributed by atoms with van der Waals surface area (Å²) >= 11 is 0. The molecule has 0 unspecified atom stereocenters. The first-order valence-corrected chi connectivity index (χ1v) is 12.1. The first kappa shape index (κ1) is 21.1. The highest BCUT2D eigenvalue weighted by molar-refractivity contribution is 5.92. The average molecular weight is 476 g/mol. The van der Waals surface area contributed by atoms with Crippen LogP contribution in [0.1, 0.15) is 0 Å². The molecule has 7 aromatic rings. The molecule has 7 rings (SSSR count). The smallest absolute Gasteiger partial charge is 0.138 e. The van der Waals surface area contributed by atoms with Crippen molar-refractivity contribution < 1.29 is 0 Å². The summed E-state index contributed by atoms with van der Waals surface area (Å²) in [5, 5.41) is 2.32. The van der Waals surface area contributed by atoms with Gasteiger partial charge in [0.2, 0.25) is 0 Å². The van der Waals surface area contributed by atoms with E-state index in [1.165, 1.54) is 0 Å². The lowest BCUT2D eigenvalue weighted by Crippen LogP contribution is -1.91. The van der Waals surface area contributed by atoms with E-state index in [1.807, 2.05) is 60.9 Å². The van der Waals surface area contributed by atoms with Gasteiger partial charge in [-0.25, -0.2) is 4.98 Å². The molecule has 0 N–H and O–H groups in total. The minimum absolute atomic E-state index is 0.859. The molecule has 0 saturated heterocycles. The Morgan fingerprint density at radius 3 is 2.11 bits per heavy atom. The van der Waals surface area contributed by atoms with Crippen LogP contribution in [0, 0.1) is 0 Å². The maximum Gasteiger partial charge on any atom is 0.138 e. The van der Waals surface area contributed by atoms with Crippen LogP contribution in [0.15, 0.2) is 128 Å². The second kappa shape index (κ2) is 8.81. The highest BCUT2D eigenvalue weighted by atomic mass is 15.0. The fourth-order valence-corrected chi connectivity index (χ4v) is 4.79. The molecule has 5 heterocycles. The van der Waals surface area contributed by atoms with Gasteiger partial charge in [0.05, 0.1) is 17.1 Å². The van der Waals surface area contributed by atoms with E-state index in [1.54, 1.807) is 12.4 Å². The summed E-state index contributed by atoms with van der Waals surface area (Å²) in [5.74, 6) is 0. The number of hydrogen-bond acceptors (Lipinski definition) is 4. The van der Waals surface area contributed by atoms with Crippen LogP contribution in [-0.4, -0.2) is 24.3 Å². The van der Waals surface area contributed by atoms with Crippen molar-refractivity contribution in [3.05, 3.63) is 128 Å². The normalized spacial score (nSPS) is 11.2. The number of benzene rings is 2. The number of aromatic nitrogens is 5. The van der Waals surface area contributed by atoms with Crippen LogP contribution in [-0.2, 0) is 0 Å². The van der Waals surface area contributed by atoms with E-state index in [0.717, 1.165) is 61.4 Å². The third-order valence-corrected chi connectivity index (χ3v) is 6.62. The third kappa shape index (κ3) is 3.83. The largest absolute Gasteiger partial charge is 0.299 e. The molecule has 37 heavy (non-hydrogen) atoms. The molecule has 0 fully saturated rings. The minimum atomic E-state index is 0.859. The van der Waals surface area contributed by atoms with Crippen molar-refractivity contribution in [2.75, 3.05) is 0 Å². The Kier molecular flexibility index (Phi) is 5.03. The SMILES string of the molecule is c1ccc(-c2nc3ccccn3c2-c2ccc3cc(-c4ccc(-c5ccncc5)cn4)ccc3c2)nc1. The Labute approximate surface area is 213 Å². The Morgan fingerprint density at radius 2 is 1.32 bits per heavy atom. The van der Waals surface area contributed by atoms with E-state index >= 15 is 0 Å². The van der Waals surface area contributed by atoms with E-state index in [-0.39, 0.29) is 0 Å². The molecule has 0 spiro atoms. The molecular weight excluding hydrogens is 454 g/mol. The molecule has 0 radical (unpaired) electrons. The van der Waals surface area contributed by atoms with Crippen LogP contribution in [0.4, 0.5) is 0 Å². The predicted octanol–water partition coefficient (Wildman–Crippen LogP) is 7.34. The van der Waals surface area contributed by atoms with E-state index in [9.17, 15) is 0 Å². The van der Waals surface area contributed by atoms with E-state index in [2.05, 4.69) is 69.1 Å². The van der Waals surface area contributed by atoms with E-state index in [0.29, 0.717) is 0 Å². The third-order valence-electron chi connectivity index (χ3n) is 6.62. The molecule has 0 aliphatic heterocycles. The van der Waals surface area contributed by atoms with Crippen LogP contribution < -0.4 is 0 Å². The lowest BCUT2D eigenvalue weighted by Gasteiger charge is -2.09.